The predicted molar refractivity (Wildman–Crippen MR) is 69.9 cm³/mol. The molecule has 1 heterocycles. The normalized spacial score (nSPS) is 13.8. The van der Waals surface area contributed by atoms with Gasteiger partial charge in [-0.05, 0) is 19.8 Å². The van der Waals surface area contributed by atoms with E-state index in [1.807, 2.05) is 20.8 Å². The molecule has 0 amide bonds. The number of anilines is 2. The molecule has 102 valence electrons. The average molecular weight is 255 g/mol. The highest BCUT2D eigenvalue weighted by molar-refractivity contribution is 5.36. The Bertz CT molecular complexity index is 374. The van der Waals surface area contributed by atoms with Crippen LogP contribution in [0.2, 0.25) is 0 Å². The van der Waals surface area contributed by atoms with E-state index in [2.05, 4.69) is 25.6 Å². The number of hydrogen-bond donors (Lipinski definition) is 3. The van der Waals surface area contributed by atoms with Crippen LogP contribution in [0.3, 0.4) is 0 Å². The molecule has 0 bridgehead atoms. The van der Waals surface area contributed by atoms with E-state index in [0.29, 0.717) is 11.9 Å². The number of nitrogens with one attached hydrogen (secondary N) is 2. The quantitative estimate of drug-likeness (QED) is 0.661. The van der Waals surface area contributed by atoms with E-state index in [1.54, 1.807) is 0 Å². The number of methoxy groups -OCH3 is 1. The van der Waals surface area contributed by atoms with Gasteiger partial charge in [0.1, 0.15) is 0 Å². The number of aliphatic hydroxyl groups excluding tert-OH is 1. The lowest BCUT2D eigenvalue weighted by Crippen LogP contribution is -2.27. The van der Waals surface area contributed by atoms with E-state index in [1.165, 1.54) is 7.11 Å². The van der Waals surface area contributed by atoms with Crippen LogP contribution in [0.4, 0.5) is 11.9 Å². The van der Waals surface area contributed by atoms with Crippen molar-refractivity contribution in [2.24, 2.45) is 5.92 Å². The zero-order valence-electron chi connectivity index (χ0n) is 11.3. The van der Waals surface area contributed by atoms with Crippen LogP contribution in [0.1, 0.15) is 20.8 Å². The van der Waals surface area contributed by atoms with Gasteiger partial charge in [0.2, 0.25) is 11.9 Å². The summed E-state index contributed by atoms with van der Waals surface area (Å²) < 4.78 is 5.02. The fourth-order valence-electron chi connectivity index (χ4n) is 1.25. The standard InChI is InChI=1S/C11H21N5O2/c1-5-12-9-14-10(16-11(15-9)18-4)13-8(3)7(2)6-17/h7-8,17H,5-6H2,1-4H3,(H2,12,13,14,15,16). The predicted octanol–water partition coefficient (Wildman–Crippen LogP) is 0.741. The SMILES string of the molecule is CCNc1nc(NC(C)C(C)CO)nc(OC)n1. The number of nitrogens with zero attached hydrogens (tertiary/aromatic N) is 3. The lowest BCUT2D eigenvalue weighted by atomic mass is 10.1. The van der Waals surface area contributed by atoms with Crippen molar-refractivity contribution < 1.29 is 9.84 Å². The van der Waals surface area contributed by atoms with Gasteiger partial charge in [-0.25, -0.2) is 0 Å². The van der Waals surface area contributed by atoms with E-state index >= 15 is 0 Å². The molecule has 3 N–H and O–H groups in total. The highest BCUT2D eigenvalue weighted by atomic mass is 16.5. The molecule has 1 rings (SSSR count). The molecule has 2 unspecified atom stereocenters. The first-order chi connectivity index (χ1) is 8.60. The molecule has 0 saturated carbocycles. The van der Waals surface area contributed by atoms with Crippen molar-refractivity contribution in [2.45, 2.75) is 26.8 Å². The summed E-state index contributed by atoms with van der Waals surface area (Å²) in [5.74, 6) is 1.01. The Kier molecular flexibility index (Phi) is 5.57. The fraction of sp³-hybridized carbons (Fsp3) is 0.727. The smallest absolute Gasteiger partial charge is 0.322 e. The molecule has 1 aromatic heterocycles. The summed E-state index contributed by atoms with van der Waals surface area (Å²) in [5, 5.41) is 15.2. The summed E-state index contributed by atoms with van der Waals surface area (Å²) in [7, 11) is 1.51. The van der Waals surface area contributed by atoms with Crippen molar-refractivity contribution in [1.82, 2.24) is 15.0 Å². The Labute approximate surface area is 107 Å². The minimum atomic E-state index is 0.0524. The molecule has 18 heavy (non-hydrogen) atoms. The highest BCUT2D eigenvalue weighted by Crippen LogP contribution is 2.13. The first-order valence-corrected chi connectivity index (χ1v) is 6.02. The molecule has 0 aliphatic rings. The van der Waals surface area contributed by atoms with Crippen molar-refractivity contribution in [3.63, 3.8) is 0 Å². The number of hydrogen-bond acceptors (Lipinski definition) is 7. The lowest BCUT2D eigenvalue weighted by molar-refractivity contribution is 0.226. The number of aromatic nitrogens is 3. The van der Waals surface area contributed by atoms with Gasteiger partial charge < -0.3 is 20.5 Å². The minimum Gasteiger partial charge on any atom is -0.467 e. The third-order valence-electron chi connectivity index (χ3n) is 2.63. The van der Waals surface area contributed by atoms with Crippen molar-refractivity contribution in [1.29, 1.82) is 0 Å². The van der Waals surface area contributed by atoms with E-state index in [4.69, 9.17) is 9.84 Å². The molecule has 0 aromatic carbocycles. The first kappa shape index (κ1) is 14.4. The summed E-state index contributed by atoms with van der Waals surface area (Å²) in [4.78, 5) is 12.4. The monoisotopic (exact) mass is 255 g/mol. The Morgan fingerprint density at radius 2 is 1.89 bits per heavy atom. The molecule has 0 saturated heterocycles. The van der Waals surface area contributed by atoms with Gasteiger partial charge in [0.05, 0.1) is 7.11 Å². The molecule has 0 radical (unpaired) electrons. The fourth-order valence-corrected chi connectivity index (χ4v) is 1.25. The molecular formula is C11H21N5O2. The zero-order valence-corrected chi connectivity index (χ0v) is 11.3. The Balaban J connectivity index is 2.83. The van der Waals surface area contributed by atoms with Crippen molar-refractivity contribution in [2.75, 3.05) is 30.9 Å². The minimum absolute atomic E-state index is 0.0524. The third kappa shape index (κ3) is 3.99. The summed E-state index contributed by atoms with van der Waals surface area (Å²) in [6, 6.07) is 0.309. The van der Waals surface area contributed by atoms with E-state index in [-0.39, 0.29) is 24.6 Å². The van der Waals surface area contributed by atoms with Crippen LogP contribution in [-0.4, -0.2) is 46.4 Å². The maximum atomic E-state index is 9.09. The van der Waals surface area contributed by atoms with Crippen molar-refractivity contribution in [3.8, 4) is 6.01 Å². The van der Waals surface area contributed by atoms with Gasteiger partial charge in [-0.3, -0.25) is 0 Å². The van der Waals surface area contributed by atoms with Crippen LogP contribution in [-0.2, 0) is 0 Å². The molecule has 0 aliphatic carbocycles. The van der Waals surface area contributed by atoms with E-state index in [9.17, 15) is 0 Å². The van der Waals surface area contributed by atoms with Crippen molar-refractivity contribution in [3.05, 3.63) is 0 Å². The Morgan fingerprint density at radius 1 is 1.22 bits per heavy atom. The van der Waals surface area contributed by atoms with Gasteiger partial charge in [0.15, 0.2) is 0 Å². The maximum absolute atomic E-state index is 9.09. The molecule has 0 spiro atoms. The molecule has 0 fully saturated rings. The average Bonchev–Trinajstić information content (AvgIpc) is 2.37. The second-order valence-electron chi connectivity index (χ2n) is 4.09. The van der Waals surface area contributed by atoms with Gasteiger partial charge in [0.25, 0.3) is 0 Å². The third-order valence-corrected chi connectivity index (χ3v) is 2.63. The molecule has 2 atom stereocenters. The van der Waals surface area contributed by atoms with Crippen molar-refractivity contribution >= 4 is 11.9 Å². The number of aliphatic hydroxyl groups is 1. The molecular weight excluding hydrogens is 234 g/mol. The second kappa shape index (κ2) is 6.95. The summed E-state index contributed by atoms with van der Waals surface area (Å²) >= 11 is 0. The van der Waals surface area contributed by atoms with Crippen LogP contribution in [0.15, 0.2) is 0 Å². The zero-order chi connectivity index (χ0) is 13.5. The van der Waals surface area contributed by atoms with Crippen LogP contribution in [0.5, 0.6) is 6.01 Å². The molecule has 0 aliphatic heterocycles. The van der Waals surface area contributed by atoms with Crippen LogP contribution < -0.4 is 15.4 Å². The number of rotatable bonds is 7. The van der Waals surface area contributed by atoms with E-state index < -0.39 is 0 Å². The van der Waals surface area contributed by atoms with E-state index in [0.717, 1.165) is 6.54 Å². The molecule has 1 aromatic rings. The van der Waals surface area contributed by atoms with Gasteiger partial charge in [-0.1, -0.05) is 6.92 Å². The van der Waals surface area contributed by atoms with Gasteiger partial charge in [-0.15, -0.1) is 0 Å². The van der Waals surface area contributed by atoms with Crippen LogP contribution in [0, 0.1) is 5.92 Å². The maximum Gasteiger partial charge on any atom is 0.322 e. The second-order valence-corrected chi connectivity index (χ2v) is 4.09. The summed E-state index contributed by atoms with van der Waals surface area (Å²) in [6.07, 6.45) is 0. The van der Waals surface area contributed by atoms with Gasteiger partial charge in [-0.2, -0.15) is 15.0 Å². The Morgan fingerprint density at radius 3 is 2.44 bits per heavy atom. The molecule has 7 heteroatoms. The topological polar surface area (TPSA) is 92.2 Å². The Hall–Kier alpha value is -1.63. The highest BCUT2D eigenvalue weighted by Gasteiger charge is 2.14. The largest absolute Gasteiger partial charge is 0.467 e. The summed E-state index contributed by atoms with van der Waals surface area (Å²) in [5.41, 5.74) is 0. The van der Waals surface area contributed by atoms with Crippen LogP contribution in [0.25, 0.3) is 0 Å². The summed E-state index contributed by atoms with van der Waals surface area (Å²) in [6.45, 7) is 6.69. The molecule has 7 nitrogen and oxygen atoms in total. The number of ether oxygens (including phenoxy) is 1. The van der Waals surface area contributed by atoms with Gasteiger partial charge >= 0.3 is 6.01 Å². The van der Waals surface area contributed by atoms with Crippen LogP contribution >= 0.6 is 0 Å². The van der Waals surface area contributed by atoms with Gasteiger partial charge in [0, 0.05) is 19.2 Å². The lowest BCUT2D eigenvalue weighted by Gasteiger charge is -2.19. The first-order valence-electron chi connectivity index (χ1n) is 6.02.